The molecule has 8 aromatic carbocycles. The van der Waals surface area contributed by atoms with E-state index >= 15 is 0 Å². The summed E-state index contributed by atoms with van der Waals surface area (Å²) in [6.07, 6.45) is 0. The Morgan fingerprint density at radius 1 is 0.481 bits per heavy atom. The molecule has 12 rings (SSSR count). The molecule has 1 aliphatic rings. The number of nitrogens with zero attached hydrogens (tertiary/aromatic N) is 1. The summed E-state index contributed by atoms with van der Waals surface area (Å²) in [5.41, 5.74) is 14.2. The predicted octanol–water partition coefficient (Wildman–Crippen LogP) is 14.0. The van der Waals surface area contributed by atoms with Gasteiger partial charge in [0.05, 0.1) is 16.7 Å². The second-order valence-electron chi connectivity index (χ2n) is 15.4. The Morgan fingerprint density at radius 2 is 1.15 bits per heavy atom. The third kappa shape index (κ3) is 3.91. The van der Waals surface area contributed by atoms with Crippen LogP contribution < -0.4 is 0 Å². The zero-order valence-corrected chi connectivity index (χ0v) is 29.9. The summed E-state index contributed by atoms with van der Waals surface area (Å²) < 4.78 is 8.79. The standard InChI is InChI=1S/C51H34N2O/c1-51(2)42-20-10-7-15-34(42)35-25-23-32(29-43(35)51)48-38-18-5-6-19-39(38)50(52-48)53-44-21-11-8-16-36(44)41-27-30-13-3-4-14-33(30)47(49(41)53)31-24-26-46-40(28-31)37-17-9-12-22-45(37)54-46/h3-29,52H,1-2H3. The van der Waals surface area contributed by atoms with Crippen molar-refractivity contribution in [1.29, 1.82) is 0 Å². The maximum atomic E-state index is 6.30. The molecule has 0 radical (unpaired) electrons. The van der Waals surface area contributed by atoms with E-state index in [-0.39, 0.29) is 5.41 Å². The number of aromatic amines is 1. The van der Waals surface area contributed by atoms with Gasteiger partial charge >= 0.3 is 0 Å². The first-order valence-corrected chi connectivity index (χ1v) is 18.8. The van der Waals surface area contributed by atoms with Gasteiger partial charge < -0.3 is 9.40 Å². The van der Waals surface area contributed by atoms with E-state index < -0.39 is 0 Å². The van der Waals surface area contributed by atoms with Crippen LogP contribution in [-0.2, 0) is 5.41 Å². The Bertz CT molecular complexity index is 3370. The van der Waals surface area contributed by atoms with Gasteiger partial charge in [0, 0.05) is 43.3 Å². The lowest BCUT2D eigenvalue weighted by Crippen LogP contribution is -2.14. The van der Waals surface area contributed by atoms with Gasteiger partial charge in [-0.1, -0.05) is 141 Å². The molecule has 11 aromatic rings. The van der Waals surface area contributed by atoms with Gasteiger partial charge in [0.2, 0.25) is 0 Å². The molecule has 0 bridgehead atoms. The molecule has 3 heterocycles. The van der Waals surface area contributed by atoms with Crippen LogP contribution in [-0.4, -0.2) is 9.55 Å². The van der Waals surface area contributed by atoms with Gasteiger partial charge in [-0.2, -0.15) is 0 Å². The molecule has 3 aromatic heterocycles. The second kappa shape index (κ2) is 10.6. The highest BCUT2D eigenvalue weighted by Crippen LogP contribution is 2.51. The lowest BCUT2D eigenvalue weighted by atomic mass is 9.82. The minimum absolute atomic E-state index is 0.0859. The van der Waals surface area contributed by atoms with E-state index in [4.69, 9.17) is 4.42 Å². The summed E-state index contributed by atoms with van der Waals surface area (Å²) in [7, 11) is 0. The summed E-state index contributed by atoms with van der Waals surface area (Å²) in [5, 5.41) is 9.55. The van der Waals surface area contributed by atoms with Crippen LogP contribution in [0.15, 0.2) is 168 Å². The number of H-pyrrole nitrogens is 1. The number of rotatable bonds is 3. The molecule has 0 aliphatic heterocycles. The largest absolute Gasteiger partial charge is 0.456 e. The molecule has 254 valence electrons. The van der Waals surface area contributed by atoms with Crippen LogP contribution in [0.1, 0.15) is 25.0 Å². The Hall–Kier alpha value is -6.84. The van der Waals surface area contributed by atoms with Gasteiger partial charge in [-0.25, -0.2) is 0 Å². The maximum absolute atomic E-state index is 6.30. The zero-order valence-electron chi connectivity index (χ0n) is 29.9. The number of furan rings is 1. The molecule has 0 unspecified atom stereocenters. The fraction of sp³-hybridized carbons (Fsp3) is 0.0588. The molecule has 0 saturated heterocycles. The molecule has 3 heteroatoms. The number of nitrogens with one attached hydrogen (secondary N) is 1. The Balaban J connectivity index is 1.18. The monoisotopic (exact) mass is 690 g/mol. The smallest absolute Gasteiger partial charge is 0.135 e. The predicted molar refractivity (Wildman–Crippen MR) is 226 cm³/mol. The second-order valence-corrected chi connectivity index (χ2v) is 15.4. The lowest BCUT2D eigenvalue weighted by Gasteiger charge is -2.21. The van der Waals surface area contributed by atoms with Gasteiger partial charge in [0.25, 0.3) is 0 Å². The van der Waals surface area contributed by atoms with E-state index in [1.807, 2.05) is 6.07 Å². The van der Waals surface area contributed by atoms with Crippen molar-refractivity contribution in [1.82, 2.24) is 9.55 Å². The molecule has 1 N–H and O–H groups in total. The van der Waals surface area contributed by atoms with Crippen molar-refractivity contribution in [3.05, 3.63) is 175 Å². The molecule has 1 aliphatic carbocycles. The van der Waals surface area contributed by atoms with Crippen LogP contribution in [0.5, 0.6) is 0 Å². The first-order chi connectivity index (χ1) is 26.5. The number of aromatic nitrogens is 2. The van der Waals surface area contributed by atoms with Gasteiger partial charge in [-0.15, -0.1) is 0 Å². The summed E-state index contributed by atoms with van der Waals surface area (Å²) >= 11 is 0. The normalized spacial score (nSPS) is 13.5. The van der Waals surface area contributed by atoms with Crippen LogP contribution in [0, 0.1) is 0 Å². The van der Waals surface area contributed by atoms with Crippen molar-refractivity contribution in [2.45, 2.75) is 19.3 Å². The Labute approximate surface area is 311 Å². The minimum Gasteiger partial charge on any atom is -0.456 e. The third-order valence-electron chi connectivity index (χ3n) is 12.1. The topological polar surface area (TPSA) is 33.9 Å². The molecule has 54 heavy (non-hydrogen) atoms. The lowest BCUT2D eigenvalue weighted by molar-refractivity contribution is 0.660. The molecule has 0 fully saturated rings. The molecule has 0 spiro atoms. The number of benzene rings is 8. The first kappa shape index (κ1) is 29.7. The fourth-order valence-electron chi connectivity index (χ4n) is 9.62. The Morgan fingerprint density at radius 3 is 2.04 bits per heavy atom. The number of para-hydroxylation sites is 2. The van der Waals surface area contributed by atoms with Crippen molar-refractivity contribution >= 4 is 65.3 Å². The highest BCUT2D eigenvalue weighted by Gasteiger charge is 2.35. The summed E-state index contributed by atoms with van der Waals surface area (Å²) in [6.45, 7) is 4.71. The molecule has 0 amide bonds. The van der Waals surface area contributed by atoms with Crippen LogP contribution in [0.25, 0.3) is 105 Å². The maximum Gasteiger partial charge on any atom is 0.135 e. The van der Waals surface area contributed by atoms with Crippen LogP contribution in [0.3, 0.4) is 0 Å². The highest BCUT2D eigenvalue weighted by molar-refractivity contribution is 6.22. The van der Waals surface area contributed by atoms with E-state index in [9.17, 15) is 0 Å². The molecule has 3 nitrogen and oxygen atoms in total. The SMILES string of the molecule is CC1(C)c2ccccc2-c2ccc(-c3[nH]c(-n4c5ccccc5c5cc6ccccc6c(-c6ccc7oc8ccccc8c7c6)c54)c4ccccc34)cc21. The molecule has 0 atom stereocenters. The number of hydrogen-bond donors (Lipinski definition) is 1. The van der Waals surface area contributed by atoms with Gasteiger partial charge in [0.15, 0.2) is 0 Å². The van der Waals surface area contributed by atoms with Gasteiger partial charge in [-0.3, -0.25) is 4.57 Å². The average Bonchev–Trinajstić information content (AvgIpc) is 3.94. The molecular weight excluding hydrogens is 657 g/mol. The zero-order chi connectivity index (χ0) is 35.7. The van der Waals surface area contributed by atoms with Crippen molar-refractivity contribution in [3.63, 3.8) is 0 Å². The van der Waals surface area contributed by atoms with Crippen molar-refractivity contribution in [2.75, 3.05) is 0 Å². The van der Waals surface area contributed by atoms with Crippen LogP contribution in [0.2, 0.25) is 0 Å². The number of hydrogen-bond acceptors (Lipinski definition) is 1. The van der Waals surface area contributed by atoms with Crippen molar-refractivity contribution < 1.29 is 4.42 Å². The quantitative estimate of drug-likeness (QED) is 0.197. The summed E-state index contributed by atoms with van der Waals surface area (Å²) in [4.78, 5) is 4.06. The van der Waals surface area contributed by atoms with Crippen molar-refractivity contribution in [3.8, 4) is 39.3 Å². The van der Waals surface area contributed by atoms with E-state index in [2.05, 4.69) is 181 Å². The summed E-state index contributed by atoms with van der Waals surface area (Å²) in [5.74, 6) is 1.07. The van der Waals surface area contributed by atoms with E-state index in [1.165, 1.54) is 76.7 Å². The highest BCUT2D eigenvalue weighted by atomic mass is 16.3. The molecular formula is C51H34N2O. The van der Waals surface area contributed by atoms with Gasteiger partial charge in [-0.05, 0) is 80.6 Å². The summed E-state index contributed by atoms with van der Waals surface area (Å²) in [6, 6.07) is 59.9. The van der Waals surface area contributed by atoms with Crippen LogP contribution in [0.4, 0.5) is 0 Å². The third-order valence-corrected chi connectivity index (χ3v) is 12.1. The average molecular weight is 691 g/mol. The van der Waals surface area contributed by atoms with Crippen LogP contribution >= 0.6 is 0 Å². The van der Waals surface area contributed by atoms with E-state index in [1.54, 1.807) is 0 Å². The van der Waals surface area contributed by atoms with Gasteiger partial charge in [0.1, 0.15) is 17.0 Å². The fourth-order valence-corrected chi connectivity index (χ4v) is 9.62. The Kier molecular flexibility index (Phi) is 5.84. The molecule has 0 saturated carbocycles. The van der Waals surface area contributed by atoms with E-state index in [0.717, 1.165) is 39.0 Å². The van der Waals surface area contributed by atoms with E-state index in [0.29, 0.717) is 0 Å². The van der Waals surface area contributed by atoms with Crippen molar-refractivity contribution in [2.24, 2.45) is 0 Å². The minimum atomic E-state index is -0.0859. The first-order valence-electron chi connectivity index (χ1n) is 18.8. The number of fused-ring (bicyclic) bond motifs is 11.